The van der Waals surface area contributed by atoms with E-state index in [0.29, 0.717) is 29.4 Å². The van der Waals surface area contributed by atoms with E-state index in [1.165, 1.54) is 0 Å². The Hall–Kier alpha value is -1.80. The van der Waals surface area contributed by atoms with Crippen LogP contribution in [0.5, 0.6) is 0 Å². The summed E-state index contributed by atoms with van der Waals surface area (Å²) in [5.74, 6) is 0. The Bertz CT molecular complexity index is 673. The van der Waals surface area contributed by atoms with Crippen LogP contribution in [0.4, 0.5) is 0 Å². The van der Waals surface area contributed by atoms with Gasteiger partial charge >= 0.3 is 0 Å². The molecule has 5 heteroatoms. The van der Waals surface area contributed by atoms with Crippen molar-refractivity contribution in [2.45, 2.75) is 19.6 Å². The Morgan fingerprint density at radius 2 is 2.14 bits per heavy atom. The van der Waals surface area contributed by atoms with Crippen LogP contribution in [0.15, 0.2) is 30.3 Å². The number of nitriles is 1. The lowest BCUT2D eigenvalue weighted by atomic mass is 10.1. The van der Waals surface area contributed by atoms with Crippen molar-refractivity contribution >= 4 is 11.6 Å². The molecule has 4 nitrogen and oxygen atoms in total. The molecule has 1 aromatic heterocycles. The van der Waals surface area contributed by atoms with Gasteiger partial charge in [0.05, 0.1) is 6.10 Å². The van der Waals surface area contributed by atoms with Gasteiger partial charge in [0, 0.05) is 36.4 Å². The smallest absolute Gasteiger partial charge is 0.120 e. The summed E-state index contributed by atoms with van der Waals surface area (Å²) in [6.45, 7) is 2.98. The minimum atomic E-state index is -0.654. The molecule has 1 unspecified atom stereocenters. The Morgan fingerprint density at radius 1 is 1.43 bits per heavy atom. The molecule has 0 fully saturated rings. The number of hydrogen-bond donors (Lipinski definition) is 2. The summed E-state index contributed by atoms with van der Waals surface area (Å²) in [6.07, 6.45) is -0.654. The van der Waals surface area contributed by atoms with Crippen LogP contribution < -0.4 is 5.32 Å². The Labute approximate surface area is 129 Å². The molecule has 2 aromatic rings. The molecule has 0 spiro atoms. The highest BCUT2D eigenvalue weighted by Crippen LogP contribution is 2.22. The topological polar surface area (TPSA) is 61.0 Å². The minimum Gasteiger partial charge on any atom is -0.387 e. The molecule has 2 N–H and O–H groups in total. The predicted octanol–water partition coefficient (Wildman–Crippen LogP) is 2.68. The third-order valence-electron chi connectivity index (χ3n) is 3.67. The Morgan fingerprint density at radius 3 is 2.76 bits per heavy atom. The van der Waals surface area contributed by atoms with Crippen molar-refractivity contribution in [3.63, 3.8) is 0 Å². The van der Waals surface area contributed by atoms with Crippen molar-refractivity contribution in [3.8, 4) is 6.07 Å². The van der Waals surface area contributed by atoms with Gasteiger partial charge in [-0.1, -0.05) is 29.8 Å². The maximum atomic E-state index is 10.2. The minimum absolute atomic E-state index is 0.403. The van der Waals surface area contributed by atoms with Gasteiger partial charge in [-0.15, -0.1) is 0 Å². The molecule has 0 bridgehead atoms. The van der Waals surface area contributed by atoms with Crippen LogP contribution in [0.1, 0.15) is 28.6 Å². The number of aliphatic hydroxyl groups is 1. The zero-order valence-electron chi connectivity index (χ0n) is 12.1. The standard InChI is InChI=1S/C16H18ClN3O/c1-11-12(7-13(8-18)20(11)2)9-19-10-16(21)14-5-3-4-6-15(14)17/h3-7,16,19,21H,9-10H2,1-2H3. The number of hydrogen-bond acceptors (Lipinski definition) is 3. The van der Waals surface area contributed by atoms with Gasteiger partial charge < -0.3 is 15.0 Å². The summed E-state index contributed by atoms with van der Waals surface area (Å²) in [5.41, 5.74) is 3.46. The van der Waals surface area contributed by atoms with Crippen LogP contribution in [0.3, 0.4) is 0 Å². The van der Waals surface area contributed by atoms with Crippen molar-refractivity contribution < 1.29 is 5.11 Å². The summed E-state index contributed by atoms with van der Waals surface area (Å²) in [5, 5.41) is 22.9. The van der Waals surface area contributed by atoms with Crippen molar-refractivity contribution in [2.24, 2.45) is 7.05 Å². The molecule has 1 aromatic carbocycles. The molecule has 0 amide bonds. The zero-order valence-corrected chi connectivity index (χ0v) is 12.9. The summed E-state index contributed by atoms with van der Waals surface area (Å²) < 4.78 is 1.86. The SMILES string of the molecule is Cc1c(CNCC(O)c2ccccc2Cl)cc(C#N)n1C. The molecule has 2 rings (SSSR count). The van der Waals surface area contributed by atoms with Crippen LogP contribution >= 0.6 is 11.6 Å². The highest BCUT2D eigenvalue weighted by molar-refractivity contribution is 6.31. The van der Waals surface area contributed by atoms with Gasteiger partial charge in [-0.3, -0.25) is 0 Å². The largest absolute Gasteiger partial charge is 0.387 e. The molecule has 0 aliphatic rings. The summed E-state index contributed by atoms with van der Waals surface area (Å²) in [6, 6.07) is 11.3. The molecule has 0 saturated carbocycles. The fourth-order valence-corrected chi connectivity index (χ4v) is 2.51. The quantitative estimate of drug-likeness (QED) is 0.893. The van der Waals surface area contributed by atoms with E-state index in [1.54, 1.807) is 6.07 Å². The van der Waals surface area contributed by atoms with E-state index in [-0.39, 0.29) is 0 Å². The lowest BCUT2D eigenvalue weighted by molar-refractivity contribution is 0.174. The maximum absolute atomic E-state index is 10.2. The van der Waals surface area contributed by atoms with E-state index in [2.05, 4.69) is 11.4 Å². The second-order valence-corrected chi connectivity index (χ2v) is 5.39. The molecule has 0 aliphatic carbocycles. The van der Waals surface area contributed by atoms with Gasteiger partial charge in [0.2, 0.25) is 0 Å². The van der Waals surface area contributed by atoms with Crippen molar-refractivity contribution in [1.29, 1.82) is 5.26 Å². The number of rotatable bonds is 5. The molecule has 21 heavy (non-hydrogen) atoms. The lowest BCUT2D eigenvalue weighted by Gasteiger charge is -2.13. The molecule has 1 heterocycles. The third kappa shape index (κ3) is 3.45. The molecule has 110 valence electrons. The fraction of sp³-hybridized carbons (Fsp3) is 0.312. The first kappa shape index (κ1) is 15.6. The molecule has 0 radical (unpaired) electrons. The number of nitrogens with one attached hydrogen (secondary N) is 1. The van der Waals surface area contributed by atoms with Gasteiger partial charge in [0.25, 0.3) is 0 Å². The maximum Gasteiger partial charge on any atom is 0.120 e. The van der Waals surface area contributed by atoms with Gasteiger partial charge in [0.15, 0.2) is 0 Å². The molecule has 1 atom stereocenters. The van der Waals surface area contributed by atoms with E-state index in [0.717, 1.165) is 11.3 Å². The molecular weight excluding hydrogens is 286 g/mol. The second kappa shape index (κ2) is 6.77. The Kier molecular flexibility index (Phi) is 5.03. The Balaban J connectivity index is 1.96. The first-order chi connectivity index (χ1) is 10.0. The monoisotopic (exact) mass is 303 g/mol. The summed E-state index contributed by atoms with van der Waals surface area (Å²) in [7, 11) is 1.87. The van der Waals surface area contributed by atoms with Crippen LogP contribution in [0.25, 0.3) is 0 Å². The first-order valence-electron chi connectivity index (χ1n) is 6.73. The molecule has 0 aliphatic heterocycles. The number of aliphatic hydroxyl groups excluding tert-OH is 1. The van der Waals surface area contributed by atoms with Gasteiger partial charge in [-0.2, -0.15) is 5.26 Å². The van der Waals surface area contributed by atoms with Gasteiger partial charge in [0.1, 0.15) is 11.8 Å². The number of nitrogens with zero attached hydrogens (tertiary/aromatic N) is 2. The van der Waals surface area contributed by atoms with E-state index in [4.69, 9.17) is 16.9 Å². The number of halogens is 1. The third-order valence-corrected chi connectivity index (χ3v) is 4.02. The number of aromatic nitrogens is 1. The second-order valence-electron chi connectivity index (χ2n) is 4.98. The van der Waals surface area contributed by atoms with E-state index in [9.17, 15) is 5.11 Å². The van der Waals surface area contributed by atoms with Crippen LogP contribution in [0, 0.1) is 18.3 Å². The van der Waals surface area contributed by atoms with Crippen molar-refractivity contribution in [3.05, 3.63) is 57.9 Å². The van der Waals surface area contributed by atoms with E-state index < -0.39 is 6.10 Å². The van der Waals surface area contributed by atoms with Crippen LogP contribution in [-0.4, -0.2) is 16.2 Å². The van der Waals surface area contributed by atoms with Gasteiger partial charge in [-0.25, -0.2) is 0 Å². The first-order valence-corrected chi connectivity index (χ1v) is 7.11. The summed E-state index contributed by atoms with van der Waals surface area (Å²) >= 11 is 6.06. The average Bonchev–Trinajstić information content (AvgIpc) is 2.75. The van der Waals surface area contributed by atoms with E-state index >= 15 is 0 Å². The van der Waals surface area contributed by atoms with Crippen LogP contribution in [-0.2, 0) is 13.6 Å². The number of benzene rings is 1. The highest BCUT2D eigenvalue weighted by Gasteiger charge is 2.12. The summed E-state index contributed by atoms with van der Waals surface area (Å²) in [4.78, 5) is 0. The van der Waals surface area contributed by atoms with E-state index in [1.807, 2.05) is 42.8 Å². The van der Waals surface area contributed by atoms with Crippen molar-refractivity contribution in [1.82, 2.24) is 9.88 Å². The average molecular weight is 304 g/mol. The zero-order chi connectivity index (χ0) is 15.4. The molecular formula is C16H18ClN3O. The predicted molar refractivity (Wildman–Crippen MR) is 83.0 cm³/mol. The highest BCUT2D eigenvalue weighted by atomic mass is 35.5. The fourth-order valence-electron chi connectivity index (χ4n) is 2.25. The van der Waals surface area contributed by atoms with Crippen LogP contribution in [0.2, 0.25) is 5.02 Å². The van der Waals surface area contributed by atoms with Gasteiger partial charge in [-0.05, 0) is 24.6 Å². The molecule has 0 saturated heterocycles. The van der Waals surface area contributed by atoms with Crippen molar-refractivity contribution in [2.75, 3.05) is 6.54 Å². The lowest BCUT2D eigenvalue weighted by Crippen LogP contribution is -2.21. The normalized spacial score (nSPS) is 12.1.